The highest BCUT2D eigenvalue weighted by Crippen LogP contribution is 2.49. The lowest BCUT2D eigenvalue weighted by Crippen LogP contribution is -2.40. The number of aliphatic hydroxyl groups is 1. The molecule has 21 nitrogen and oxygen atoms in total. The maximum absolute atomic E-state index is 12.1. The number of nitrogens with one attached hydrogen (secondary N) is 5. The topological polar surface area (TPSA) is 297 Å². The van der Waals surface area contributed by atoms with E-state index in [1.807, 2.05) is 97.1 Å². The number of rotatable bonds is 3. The van der Waals surface area contributed by atoms with Crippen LogP contribution in [0.2, 0.25) is 0 Å². The van der Waals surface area contributed by atoms with Crippen LogP contribution in [0.4, 0.5) is 28.4 Å². The highest BCUT2D eigenvalue weighted by Gasteiger charge is 2.59. The molecule has 78 heavy (non-hydrogen) atoms. The van der Waals surface area contributed by atoms with Gasteiger partial charge in [-0.2, -0.15) is 0 Å². The van der Waals surface area contributed by atoms with E-state index in [1.165, 1.54) is 14.2 Å². The quantitative estimate of drug-likeness (QED) is 0.0817. The molecule has 3 unspecified atom stereocenters. The van der Waals surface area contributed by atoms with Crippen molar-refractivity contribution in [3.05, 3.63) is 149 Å². The molecule has 3 fully saturated rings. The number of hydrogen-bond donors (Lipinski definition) is 6. The van der Waals surface area contributed by atoms with Gasteiger partial charge in [-0.15, -0.1) is 0 Å². The van der Waals surface area contributed by atoms with Crippen LogP contribution in [-0.4, -0.2) is 97.5 Å². The molecule has 7 atom stereocenters. The monoisotopic (exact) mass is 1060 g/mol. The number of methoxy groups -OCH3 is 2. The van der Waals surface area contributed by atoms with Gasteiger partial charge in [0.2, 0.25) is 23.6 Å². The van der Waals surface area contributed by atoms with Crippen LogP contribution in [0.15, 0.2) is 121 Å². The van der Waals surface area contributed by atoms with Gasteiger partial charge in [-0.1, -0.05) is 91.0 Å². The Morgan fingerprint density at radius 3 is 1.44 bits per heavy atom. The van der Waals surface area contributed by atoms with E-state index in [9.17, 15) is 53.1 Å². The molecule has 0 saturated carbocycles. The molecule has 0 aromatic heterocycles. The smallest absolute Gasteiger partial charge is 0.318 e. The third-order valence-corrected chi connectivity index (χ3v) is 15.1. The fourth-order valence-corrected chi connectivity index (χ4v) is 10.9. The highest BCUT2D eigenvalue weighted by atomic mass is 16.6. The summed E-state index contributed by atoms with van der Waals surface area (Å²) < 4.78 is 24.2. The third-order valence-electron chi connectivity index (χ3n) is 15.1. The molecule has 5 aromatic carbocycles. The zero-order valence-electron chi connectivity index (χ0n) is 42.6. The summed E-state index contributed by atoms with van der Waals surface area (Å²) in [5.74, 6) is -4.03. The summed E-state index contributed by atoms with van der Waals surface area (Å²) in [6, 6.07) is 36.5. The number of ether oxygens (including phenoxy) is 5. The molecule has 8 aliphatic rings. The van der Waals surface area contributed by atoms with Crippen LogP contribution >= 0.6 is 0 Å². The fraction of sp³-hybridized carbons (Fsp3) is 0.298. The Kier molecular flexibility index (Phi) is 14.5. The molecule has 21 heteroatoms. The molecule has 3 saturated heterocycles. The number of fused-ring (bicyclic) bond motifs is 8. The van der Waals surface area contributed by atoms with Gasteiger partial charge in [0.05, 0.1) is 39.9 Å². The van der Waals surface area contributed by atoms with Crippen molar-refractivity contribution in [3.8, 4) is 0 Å². The maximum atomic E-state index is 12.1. The van der Waals surface area contributed by atoms with E-state index in [-0.39, 0.29) is 73.8 Å². The number of benzene rings is 5. The average molecular weight is 1060 g/mol. The number of carbonyl (C=O) groups is 10. The molecule has 8 heterocycles. The standard InChI is InChI=1S/2C12H11NO3.C11H11NO4.C11H9NO3.C11H11NO3/c2*1-7-12(6-10(14)16-7)8-4-2-3-5-9(8)13-11(12)15;1-16-9(13)6-11(15)7-4-2-3-5-8(7)12-10(11)14;13-9-5-11(6-15-9)7-3-1-2-4-8(7)12-10(11)14;1-15-11(14)8-6-7-4-2-3-5-9(7)12-10(8)13/h2*2-5,7H,6H2,1H3,(H,13,15);2-5,15H,6H2,1H3,(H,12,14);1-4H,5-6H2,(H,12,14);2-5,8H,6H2,1H3,(H,12,13)/t2*7?,12-;;11-;8-/m11.10/s1. The number of anilines is 5. The van der Waals surface area contributed by atoms with Crippen LogP contribution in [0, 0.1) is 5.92 Å². The summed E-state index contributed by atoms with van der Waals surface area (Å²) in [6.45, 7) is 3.70. The van der Waals surface area contributed by atoms with Crippen LogP contribution < -0.4 is 26.6 Å². The molecule has 0 radical (unpaired) electrons. The van der Waals surface area contributed by atoms with Gasteiger partial charge in [-0.3, -0.25) is 47.9 Å². The second-order valence-corrected chi connectivity index (χ2v) is 19.5. The molecule has 13 rings (SSSR count). The van der Waals surface area contributed by atoms with Gasteiger partial charge in [0.1, 0.15) is 41.0 Å². The lowest BCUT2D eigenvalue weighted by Gasteiger charge is -2.23. The minimum Gasteiger partial charge on any atom is -0.469 e. The van der Waals surface area contributed by atoms with E-state index in [2.05, 4.69) is 36.1 Å². The zero-order valence-corrected chi connectivity index (χ0v) is 42.6. The first-order valence-electron chi connectivity index (χ1n) is 24.8. The van der Waals surface area contributed by atoms with Crippen molar-refractivity contribution in [1.29, 1.82) is 0 Å². The Bertz CT molecular complexity index is 3240. The molecule has 8 aliphatic heterocycles. The van der Waals surface area contributed by atoms with Gasteiger partial charge in [-0.25, -0.2) is 0 Å². The number of carbonyl (C=O) groups excluding carboxylic acids is 10. The van der Waals surface area contributed by atoms with E-state index in [4.69, 9.17) is 14.2 Å². The second kappa shape index (κ2) is 21.1. The van der Waals surface area contributed by atoms with Crippen molar-refractivity contribution in [1.82, 2.24) is 0 Å². The predicted octanol–water partition coefficient (Wildman–Crippen LogP) is 4.61. The molecule has 3 spiro atoms. The number of para-hydroxylation sites is 5. The molecule has 6 N–H and O–H groups in total. The van der Waals surface area contributed by atoms with E-state index < -0.39 is 57.8 Å². The number of amides is 5. The van der Waals surface area contributed by atoms with Crippen molar-refractivity contribution in [2.24, 2.45) is 5.92 Å². The van der Waals surface area contributed by atoms with Crippen molar-refractivity contribution >= 4 is 87.8 Å². The number of cyclic esters (lactones) is 3. The van der Waals surface area contributed by atoms with Gasteiger partial charge in [0, 0.05) is 34.0 Å². The highest BCUT2D eigenvalue weighted by molar-refractivity contribution is 6.12. The molecule has 402 valence electrons. The molecule has 0 aliphatic carbocycles. The van der Waals surface area contributed by atoms with Gasteiger partial charge in [0.15, 0.2) is 5.60 Å². The summed E-state index contributed by atoms with van der Waals surface area (Å²) in [6.07, 6.45) is -0.349. The van der Waals surface area contributed by atoms with Gasteiger partial charge >= 0.3 is 29.8 Å². The summed E-state index contributed by atoms with van der Waals surface area (Å²) in [5, 5.41) is 23.8. The van der Waals surface area contributed by atoms with Crippen LogP contribution in [0.1, 0.15) is 67.3 Å². The van der Waals surface area contributed by atoms with Crippen LogP contribution in [-0.2, 0) is 99.9 Å². The normalized spacial score (nSPS) is 26.5. The largest absolute Gasteiger partial charge is 0.469 e. The zero-order chi connectivity index (χ0) is 55.7. The molecular formula is C57H53N5O16. The first-order chi connectivity index (χ1) is 37.3. The van der Waals surface area contributed by atoms with Gasteiger partial charge in [-0.05, 0) is 72.9 Å². The lowest BCUT2D eigenvalue weighted by molar-refractivity contribution is -0.152. The first-order valence-corrected chi connectivity index (χ1v) is 24.8. The Hall–Kier alpha value is -9.24. The SMILES string of the molecule is CC1OC(=O)C[C@@]12C(=O)Nc1ccccc12.CC1OC(=O)C[C@@]12C(=O)Nc1ccccc12.COC(=O)CC1(O)C(=O)Nc2ccccc21.COC(=O)[C@H]1Cc2ccccc2NC1=O.O=C1C[C@]2(CO1)C(=O)Nc1ccccc12. The van der Waals surface area contributed by atoms with E-state index in [0.717, 1.165) is 45.0 Å². The number of esters is 5. The predicted molar refractivity (Wildman–Crippen MR) is 276 cm³/mol. The molecule has 5 aromatic rings. The Morgan fingerprint density at radius 1 is 0.526 bits per heavy atom. The van der Waals surface area contributed by atoms with Crippen LogP contribution in [0.3, 0.4) is 0 Å². The molecule has 0 bridgehead atoms. The van der Waals surface area contributed by atoms with Crippen molar-refractivity contribution in [2.75, 3.05) is 47.4 Å². The van der Waals surface area contributed by atoms with E-state index in [1.54, 1.807) is 38.1 Å². The van der Waals surface area contributed by atoms with Crippen molar-refractivity contribution in [3.63, 3.8) is 0 Å². The summed E-state index contributed by atoms with van der Waals surface area (Å²) >= 11 is 0. The molecule has 5 amide bonds. The summed E-state index contributed by atoms with van der Waals surface area (Å²) in [7, 11) is 2.50. The van der Waals surface area contributed by atoms with Gasteiger partial charge in [0.25, 0.3) is 5.91 Å². The Balaban J connectivity index is 0.000000119. The minimum atomic E-state index is -1.82. The van der Waals surface area contributed by atoms with E-state index in [0.29, 0.717) is 17.7 Å². The maximum Gasteiger partial charge on any atom is 0.318 e. The first kappa shape index (κ1) is 53.6. The van der Waals surface area contributed by atoms with E-state index >= 15 is 0 Å². The second-order valence-electron chi connectivity index (χ2n) is 19.5. The number of hydrogen-bond acceptors (Lipinski definition) is 16. The Labute approximate surface area is 445 Å². The minimum absolute atomic E-state index is 0.130. The Morgan fingerprint density at radius 2 is 0.962 bits per heavy atom. The third kappa shape index (κ3) is 9.35. The van der Waals surface area contributed by atoms with Crippen molar-refractivity contribution < 1.29 is 76.7 Å². The fourth-order valence-electron chi connectivity index (χ4n) is 10.9. The van der Waals surface area contributed by atoms with Gasteiger partial charge < -0.3 is 55.4 Å². The van der Waals surface area contributed by atoms with Crippen LogP contribution in [0.5, 0.6) is 0 Å². The summed E-state index contributed by atoms with van der Waals surface area (Å²) in [5.41, 5.74) is 3.46. The van der Waals surface area contributed by atoms with Crippen LogP contribution in [0.25, 0.3) is 0 Å². The van der Waals surface area contributed by atoms with Crippen molar-refractivity contribution in [2.45, 2.75) is 80.0 Å². The molecular weight excluding hydrogens is 1010 g/mol. The summed E-state index contributed by atoms with van der Waals surface area (Å²) in [4.78, 5) is 116. The lowest BCUT2D eigenvalue weighted by atomic mass is 9.76. The average Bonchev–Trinajstić information content (AvgIpc) is 4.30.